The zero-order valence-electron chi connectivity index (χ0n) is 11.6. The summed E-state index contributed by atoms with van der Waals surface area (Å²) in [5.41, 5.74) is -1.54. The third kappa shape index (κ3) is 3.91. The summed E-state index contributed by atoms with van der Waals surface area (Å²) in [7, 11) is 5.18. The highest BCUT2D eigenvalue weighted by Crippen LogP contribution is 2.21. The summed E-state index contributed by atoms with van der Waals surface area (Å²) >= 11 is 0. The maximum Gasteiger partial charge on any atom is 0.338 e. The number of carbonyl (C=O) groups is 1. The van der Waals surface area contributed by atoms with Crippen molar-refractivity contribution < 1.29 is 19.7 Å². The Morgan fingerprint density at radius 1 is 1.56 bits per heavy atom. The van der Waals surface area contributed by atoms with Crippen LogP contribution in [-0.2, 0) is 9.53 Å². The van der Waals surface area contributed by atoms with Crippen LogP contribution in [0.2, 0.25) is 0 Å². The van der Waals surface area contributed by atoms with E-state index in [1.54, 1.807) is 0 Å². The van der Waals surface area contributed by atoms with Gasteiger partial charge in [-0.15, -0.1) is 0 Å². The summed E-state index contributed by atoms with van der Waals surface area (Å²) in [6.07, 6.45) is 0.263. The van der Waals surface area contributed by atoms with Crippen LogP contribution >= 0.6 is 0 Å². The minimum Gasteiger partial charge on any atom is -0.467 e. The molecule has 106 valence electrons. The molecule has 2 N–H and O–H groups in total. The lowest BCUT2D eigenvalue weighted by molar-refractivity contribution is -0.162. The van der Waals surface area contributed by atoms with E-state index in [4.69, 9.17) is 0 Å². The van der Waals surface area contributed by atoms with Crippen LogP contribution in [0.3, 0.4) is 0 Å². The molecule has 0 aromatic heterocycles. The van der Waals surface area contributed by atoms with Gasteiger partial charge in [-0.1, -0.05) is 0 Å². The summed E-state index contributed by atoms with van der Waals surface area (Å²) in [5.74, 6) is -0.646. The smallest absolute Gasteiger partial charge is 0.338 e. The summed E-state index contributed by atoms with van der Waals surface area (Å²) in [6.45, 7) is 2.88. The Hall–Kier alpha value is -0.690. The van der Waals surface area contributed by atoms with Gasteiger partial charge in [-0.25, -0.2) is 4.79 Å². The molecule has 6 nitrogen and oxygen atoms in total. The lowest BCUT2D eigenvalue weighted by Crippen LogP contribution is -2.50. The Morgan fingerprint density at radius 3 is 2.67 bits per heavy atom. The number of hydrogen-bond donors (Lipinski definition) is 2. The Labute approximate surface area is 108 Å². The highest BCUT2D eigenvalue weighted by atomic mass is 16.5. The fraction of sp³-hybridized carbons (Fsp3) is 0.917. The number of aliphatic hydroxyl groups is 2. The van der Waals surface area contributed by atoms with Gasteiger partial charge in [-0.3, -0.25) is 4.90 Å². The molecule has 0 aliphatic carbocycles. The number of β-amino-alcohol motifs (C(OH)–C–C–N with tert-alkyl or cyclic N) is 2. The van der Waals surface area contributed by atoms with Crippen LogP contribution in [0.4, 0.5) is 0 Å². The number of rotatable bonds is 5. The molecule has 0 aromatic rings. The Kier molecular flexibility index (Phi) is 5.10. The molecule has 1 aliphatic heterocycles. The summed E-state index contributed by atoms with van der Waals surface area (Å²) in [6, 6.07) is 0.145. The molecule has 1 aliphatic rings. The number of likely N-dealkylation sites (tertiary alicyclic amines) is 1. The summed E-state index contributed by atoms with van der Waals surface area (Å²) in [5, 5.41) is 19.8. The van der Waals surface area contributed by atoms with E-state index in [-0.39, 0.29) is 12.6 Å². The van der Waals surface area contributed by atoms with Crippen LogP contribution in [0.1, 0.15) is 13.3 Å². The number of aliphatic hydroxyl groups excluding tert-OH is 1. The summed E-state index contributed by atoms with van der Waals surface area (Å²) in [4.78, 5) is 15.4. The largest absolute Gasteiger partial charge is 0.467 e. The van der Waals surface area contributed by atoms with E-state index in [1.807, 2.05) is 23.9 Å². The predicted octanol–water partition coefficient (Wildman–Crippen LogP) is -1.09. The van der Waals surface area contributed by atoms with Crippen molar-refractivity contribution in [2.75, 3.05) is 40.8 Å². The molecular weight excluding hydrogens is 236 g/mol. The van der Waals surface area contributed by atoms with Crippen LogP contribution in [-0.4, -0.2) is 84.6 Å². The Morgan fingerprint density at radius 2 is 2.17 bits per heavy atom. The average molecular weight is 260 g/mol. The van der Waals surface area contributed by atoms with Crippen LogP contribution in [0.15, 0.2) is 0 Å². The van der Waals surface area contributed by atoms with E-state index >= 15 is 0 Å². The molecule has 6 heteroatoms. The van der Waals surface area contributed by atoms with Gasteiger partial charge < -0.3 is 19.8 Å². The van der Waals surface area contributed by atoms with Crippen molar-refractivity contribution in [1.29, 1.82) is 0 Å². The van der Waals surface area contributed by atoms with Crippen molar-refractivity contribution in [1.82, 2.24) is 9.80 Å². The number of methoxy groups -OCH3 is 1. The first-order valence-electron chi connectivity index (χ1n) is 6.14. The fourth-order valence-corrected chi connectivity index (χ4v) is 2.44. The van der Waals surface area contributed by atoms with E-state index in [0.29, 0.717) is 13.0 Å². The average Bonchev–Trinajstić information content (AvgIpc) is 2.55. The van der Waals surface area contributed by atoms with Crippen molar-refractivity contribution in [2.24, 2.45) is 0 Å². The van der Waals surface area contributed by atoms with Crippen molar-refractivity contribution in [3.05, 3.63) is 0 Å². The molecule has 1 fully saturated rings. The number of carbonyl (C=O) groups excluding carboxylic acids is 1. The van der Waals surface area contributed by atoms with Crippen LogP contribution in [0, 0.1) is 0 Å². The van der Waals surface area contributed by atoms with Crippen molar-refractivity contribution >= 4 is 5.97 Å². The van der Waals surface area contributed by atoms with Gasteiger partial charge in [0.1, 0.15) is 0 Å². The van der Waals surface area contributed by atoms with Crippen LogP contribution in [0.25, 0.3) is 0 Å². The topological polar surface area (TPSA) is 73.2 Å². The van der Waals surface area contributed by atoms with Gasteiger partial charge in [-0.2, -0.15) is 0 Å². The fourth-order valence-electron chi connectivity index (χ4n) is 2.44. The van der Waals surface area contributed by atoms with E-state index in [0.717, 1.165) is 6.54 Å². The normalized spacial score (nSPS) is 28.4. The lowest BCUT2D eigenvalue weighted by Gasteiger charge is -2.31. The van der Waals surface area contributed by atoms with Gasteiger partial charge >= 0.3 is 5.97 Å². The van der Waals surface area contributed by atoms with E-state index in [2.05, 4.69) is 4.74 Å². The van der Waals surface area contributed by atoms with Gasteiger partial charge in [0.25, 0.3) is 0 Å². The predicted molar refractivity (Wildman–Crippen MR) is 67.2 cm³/mol. The van der Waals surface area contributed by atoms with Gasteiger partial charge in [0.05, 0.1) is 13.2 Å². The molecule has 3 unspecified atom stereocenters. The molecule has 18 heavy (non-hydrogen) atoms. The minimum atomic E-state index is -1.54. The monoisotopic (exact) mass is 260 g/mol. The molecule has 0 spiro atoms. The van der Waals surface area contributed by atoms with Crippen LogP contribution in [0.5, 0.6) is 0 Å². The first-order valence-corrected chi connectivity index (χ1v) is 6.14. The first-order chi connectivity index (χ1) is 8.26. The third-order valence-electron chi connectivity index (χ3n) is 3.22. The molecule has 0 saturated carbocycles. The Bertz CT molecular complexity index is 294. The maximum atomic E-state index is 11.5. The van der Waals surface area contributed by atoms with Gasteiger partial charge in [0.15, 0.2) is 5.60 Å². The van der Waals surface area contributed by atoms with Crippen molar-refractivity contribution in [3.63, 3.8) is 0 Å². The highest BCUT2D eigenvalue weighted by Gasteiger charge is 2.39. The van der Waals surface area contributed by atoms with Crippen molar-refractivity contribution in [2.45, 2.75) is 31.1 Å². The molecule has 0 bridgehead atoms. The SMILES string of the molecule is COC(=O)C(C)(O)CN1CC(O)CC1CN(C)C. The second-order valence-corrected chi connectivity index (χ2v) is 5.50. The zero-order valence-corrected chi connectivity index (χ0v) is 11.6. The third-order valence-corrected chi connectivity index (χ3v) is 3.22. The number of hydrogen-bond acceptors (Lipinski definition) is 6. The number of ether oxygens (including phenoxy) is 1. The molecule has 1 saturated heterocycles. The summed E-state index contributed by atoms with van der Waals surface area (Å²) < 4.78 is 4.58. The van der Waals surface area contributed by atoms with E-state index in [1.165, 1.54) is 14.0 Å². The standard InChI is InChI=1S/C12H24N2O4/c1-12(17,11(16)18-4)8-14-7-10(15)5-9(14)6-13(2)3/h9-10,15,17H,5-8H2,1-4H3. The van der Waals surface area contributed by atoms with Crippen LogP contribution < -0.4 is 0 Å². The van der Waals surface area contributed by atoms with Gasteiger partial charge in [0, 0.05) is 25.7 Å². The minimum absolute atomic E-state index is 0.145. The van der Waals surface area contributed by atoms with Gasteiger partial charge in [0.2, 0.25) is 0 Å². The van der Waals surface area contributed by atoms with Crippen molar-refractivity contribution in [3.8, 4) is 0 Å². The zero-order chi connectivity index (χ0) is 13.9. The van der Waals surface area contributed by atoms with E-state index in [9.17, 15) is 15.0 Å². The Balaban J connectivity index is 2.66. The molecule has 0 aromatic carbocycles. The molecule has 0 amide bonds. The number of esters is 1. The molecule has 0 radical (unpaired) electrons. The lowest BCUT2D eigenvalue weighted by atomic mass is 10.1. The quantitative estimate of drug-likeness (QED) is 0.612. The molecular formula is C12H24N2O4. The molecule has 3 atom stereocenters. The second kappa shape index (κ2) is 5.97. The number of likely N-dealkylation sites (N-methyl/N-ethyl adjacent to an activating group) is 1. The highest BCUT2D eigenvalue weighted by molar-refractivity contribution is 5.78. The molecule has 1 heterocycles. The van der Waals surface area contributed by atoms with Gasteiger partial charge in [-0.05, 0) is 27.4 Å². The maximum absolute atomic E-state index is 11.5. The first kappa shape index (κ1) is 15.4. The second-order valence-electron chi connectivity index (χ2n) is 5.50. The molecule has 1 rings (SSSR count). The number of nitrogens with zero attached hydrogens (tertiary/aromatic N) is 2. The van der Waals surface area contributed by atoms with E-state index < -0.39 is 17.7 Å².